The second-order valence-corrected chi connectivity index (χ2v) is 4.88. The first-order valence-electron chi connectivity index (χ1n) is 5.66. The van der Waals surface area contributed by atoms with Crippen LogP contribution in [0.5, 0.6) is 0 Å². The highest BCUT2D eigenvalue weighted by Gasteiger charge is 2.07. The summed E-state index contributed by atoms with van der Waals surface area (Å²) in [5.41, 5.74) is 8.66. The van der Waals surface area contributed by atoms with E-state index in [-0.39, 0.29) is 0 Å². The van der Waals surface area contributed by atoms with Crippen molar-refractivity contribution >= 4 is 27.6 Å². The van der Waals surface area contributed by atoms with Crippen molar-refractivity contribution in [3.8, 4) is 0 Å². The van der Waals surface area contributed by atoms with Gasteiger partial charge in [-0.05, 0) is 37.1 Å². The Morgan fingerprint density at radius 1 is 1.28 bits per heavy atom. The highest BCUT2D eigenvalue weighted by molar-refractivity contribution is 9.10. The Hall–Kier alpha value is -1.40. The minimum Gasteiger partial charge on any atom is -0.408 e. The molecule has 0 saturated heterocycles. The fourth-order valence-corrected chi connectivity index (χ4v) is 1.90. The summed E-state index contributed by atoms with van der Waals surface area (Å²) in [7, 11) is 0. The Bertz CT molecular complexity index is 530. The summed E-state index contributed by atoms with van der Waals surface area (Å²) in [5.74, 6) is 0.547. The van der Waals surface area contributed by atoms with Crippen LogP contribution in [0.25, 0.3) is 0 Å². The summed E-state index contributed by atoms with van der Waals surface area (Å²) >= 11 is 3.53. The van der Waals surface area contributed by atoms with Gasteiger partial charge in [-0.3, -0.25) is 0 Å². The average molecular weight is 311 g/mol. The molecule has 0 radical (unpaired) electrons. The highest BCUT2D eigenvalue weighted by atomic mass is 79.9. The van der Waals surface area contributed by atoms with E-state index in [4.69, 9.17) is 10.2 Å². The third-order valence-electron chi connectivity index (χ3n) is 2.51. The molecule has 18 heavy (non-hydrogen) atoms. The summed E-state index contributed by atoms with van der Waals surface area (Å²) in [4.78, 5) is 0. The molecule has 1 aromatic carbocycles. The Morgan fingerprint density at radius 3 is 2.56 bits per heavy atom. The molecule has 0 aliphatic rings. The monoisotopic (exact) mass is 310 g/mol. The van der Waals surface area contributed by atoms with Crippen LogP contribution < -0.4 is 11.1 Å². The Kier molecular flexibility index (Phi) is 3.98. The number of nitrogens with zero attached hydrogens (tertiary/aromatic N) is 2. The van der Waals surface area contributed by atoms with E-state index in [1.165, 1.54) is 0 Å². The van der Waals surface area contributed by atoms with Gasteiger partial charge in [0, 0.05) is 23.1 Å². The van der Waals surface area contributed by atoms with Gasteiger partial charge < -0.3 is 15.5 Å². The van der Waals surface area contributed by atoms with E-state index in [1.807, 2.05) is 26.0 Å². The predicted molar refractivity (Wildman–Crippen MR) is 74.0 cm³/mol. The lowest BCUT2D eigenvalue weighted by Crippen LogP contribution is -2.02. The van der Waals surface area contributed by atoms with E-state index >= 15 is 0 Å². The van der Waals surface area contributed by atoms with E-state index in [1.54, 1.807) is 0 Å². The number of aryl methyl sites for hydroxylation is 2. The molecule has 0 aliphatic carbocycles. The van der Waals surface area contributed by atoms with Crippen molar-refractivity contribution in [2.24, 2.45) is 5.73 Å². The zero-order valence-electron chi connectivity index (χ0n) is 10.3. The number of nitrogens with two attached hydrogens (primary N) is 1. The van der Waals surface area contributed by atoms with Gasteiger partial charge in [-0.2, -0.15) is 0 Å². The van der Waals surface area contributed by atoms with Crippen LogP contribution in [-0.4, -0.2) is 16.7 Å². The van der Waals surface area contributed by atoms with E-state index in [9.17, 15) is 0 Å². The van der Waals surface area contributed by atoms with Gasteiger partial charge >= 0.3 is 6.01 Å². The van der Waals surface area contributed by atoms with Gasteiger partial charge in [0.2, 0.25) is 5.89 Å². The van der Waals surface area contributed by atoms with E-state index in [0.717, 1.165) is 21.3 Å². The lowest BCUT2D eigenvalue weighted by Gasteiger charge is -2.07. The third kappa shape index (κ3) is 2.88. The molecule has 5 nitrogen and oxygen atoms in total. The molecule has 0 saturated carbocycles. The molecule has 2 aromatic rings. The maximum absolute atomic E-state index is 5.43. The van der Waals surface area contributed by atoms with Gasteiger partial charge in [0.05, 0.1) is 0 Å². The molecular formula is C12H15BrN4O. The van der Waals surface area contributed by atoms with Gasteiger partial charge in [0.15, 0.2) is 0 Å². The van der Waals surface area contributed by atoms with Crippen molar-refractivity contribution in [3.05, 3.63) is 33.6 Å². The molecule has 96 valence electrons. The van der Waals surface area contributed by atoms with Crippen LogP contribution in [0, 0.1) is 13.8 Å². The smallest absolute Gasteiger partial charge is 0.320 e. The molecule has 1 heterocycles. The summed E-state index contributed by atoms with van der Waals surface area (Å²) < 4.78 is 6.53. The molecule has 0 spiro atoms. The zero-order valence-corrected chi connectivity index (χ0v) is 11.9. The van der Waals surface area contributed by atoms with Crippen LogP contribution in [0.4, 0.5) is 11.7 Å². The molecular weight excluding hydrogens is 296 g/mol. The number of halogens is 1. The maximum atomic E-state index is 5.43. The number of rotatable bonds is 4. The van der Waals surface area contributed by atoms with Crippen LogP contribution in [-0.2, 0) is 6.42 Å². The van der Waals surface area contributed by atoms with Gasteiger partial charge in [-0.1, -0.05) is 21.0 Å². The van der Waals surface area contributed by atoms with Crippen LogP contribution in [0.2, 0.25) is 0 Å². The second kappa shape index (κ2) is 5.49. The highest BCUT2D eigenvalue weighted by Crippen LogP contribution is 2.26. The summed E-state index contributed by atoms with van der Waals surface area (Å²) in [6, 6.07) is 4.42. The molecule has 0 amide bonds. The fourth-order valence-electron chi connectivity index (χ4n) is 1.67. The Morgan fingerprint density at radius 2 is 1.94 bits per heavy atom. The Labute approximate surface area is 114 Å². The normalized spacial score (nSPS) is 10.7. The van der Waals surface area contributed by atoms with Crippen molar-refractivity contribution in [2.75, 3.05) is 11.9 Å². The number of aromatic nitrogens is 2. The van der Waals surface area contributed by atoms with Crippen molar-refractivity contribution in [2.45, 2.75) is 20.3 Å². The lowest BCUT2D eigenvalue weighted by molar-refractivity contribution is 0.510. The maximum Gasteiger partial charge on any atom is 0.320 e. The van der Waals surface area contributed by atoms with Crippen LogP contribution in [0.1, 0.15) is 17.0 Å². The minimum absolute atomic E-state index is 0.388. The molecule has 0 fully saturated rings. The number of benzene rings is 1. The van der Waals surface area contributed by atoms with Gasteiger partial charge in [-0.15, -0.1) is 5.10 Å². The van der Waals surface area contributed by atoms with Gasteiger partial charge in [0.25, 0.3) is 0 Å². The van der Waals surface area contributed by atoms with Crippen LogP contribution in [0.3, 0.4) is 0 Å². The molecule has 0 atom stereocenters. The number of hydrogen-bond donors (Lipinski definition) is 2. The third-order valence-corrected chi connectivity index (χ3v) is 3.76. The van der Waals surface area contributed by atoms with Gasteiger partial charge in [0.1, 0.15) is 0 Å². The summed E-state index contributed by atoms with van der Waals surface area (Å²) in [6.45, 7) is 4.57. The van der Waals surface area contributed by atoms with E-state index < -0.39 is 0 Å². The first-order chi connectivity index (χ1) is 8.60. The van der Waals surface area contributed by atoms with E-state index in [2.05, 4.69) is 31.4 Å². The van der Waals surface area contributed by atoms with Crippen molar-refractivity contribution < 1.29 is 4.42 Å². The minimum atomic E-state index is 0.388. The van der Waals surface area contributed by atoms with E-state index in [0.29, 0.717) is 24.9 Å². The molecule has 1 aromatic heterocycles. The van der Waals surface area contributed by atoms with Gasteiger partial charge in [-0.25, -0.2) is 0 Å². The largest absolute Gasteiger partial charge is 0.408 e. The molecule has 6 heteroatoms. The van der Waals surface area contributed by atoms with Crippen molar-refractivity contribution in [3.63, 3.8) is 0 Å². The quantitative estimate of drug-likeness (QED) is 0.908. The van der Waals surface area contributed by atoms with Crippen LogP contribution in [0.15, 0.2) is 21.0 Å². The zero-order chi connectivity index (χ0) is 13.1. The molecule has 0 bridgehead atoms. The number of nitrogens with one attached hydrogen (secondary N) is 1. The molecule has 0 aliphatic heterocycles. The first kappa shape index (κ1) is 13.0. The summed E-state index contributed by atoms with van der Waals surface area (Å²) in [5, 5.41) is 10.9. The number of anilines is 2. The first-order valence-corrected chi connectivity index (χ1v) is 6.45. The molecule has 3 N–H and O–H groups in total. The molecule has 0 unspecified atom stereocenters. The lowest BCUT2D eigenvalue weighted by atomic mass is 10.1. The standard InChI is InChI=1S/C12H15BrN4O/c1-7-5-9(6-8(2)11(7)13)15-12-17-16-10(18-12)3-4-14/h5-6H,3-4,14H2,1-2H3,(H,15,17). The van der Waals surface area contributed by atoms with Crippen molar-refractivity contribution in [1.29, 1.82) is 0 Å². The molecule has 2 rings (SSSR count). The van der Waals surface area contributed by atoms with Crippen LogP contribution >= 0.6 is 15.9 Å². The second-order valence-electron chi connectivity index (χ2n) is 4.09. The van der Waals surface area contributed by atoms with Crippen molar-refractivity contribution in [1.82, 2.24) is 10.2 Å². The predicted octanol–water partition coefficient (Wildman–Crippen LogP) is 2.69. The Balaban J connectivity index is 2.17. The number of hydrogen-bond acceptors (Lipinski definition) is 5. The summed E-state index contributed by atoms with van der Waals surface area (Å²) in [6.07, 6.45) is 0.590. The fraction of sp³-hybridized carbons (Fsp3) is 0.333. The average Bonchev–Trinajstić information content (AvgIpc) is 2.74. The topological polar surface area (TPSA) is 77.0 Å². The SMILES string of the molecule is Cc1cc(Nc2nnc(CCN)o2)cc(C)c1Br.